The zero-order valence-corrected chi connectivity index (χ0v) is 15.4. The molecule has 2 aliphatic heterocycles. The van der Waals surface area contributed by atoms with Crippen LogP contribution in [0.15, 0.2) is 27.5 Å². The van der Waals surface area contributed by atoms with Crippen LogP contribution in [0.3, 0.4) is 0 Å². The number of benzene rings is 1. The maximum atomic E-state index is 11.2. The highest BCUT2D eigenvalue weighted by molar-refractivity contribution is 5.59. The van der Waals surface area contributed by atoms with E-state index >= 15 is 0 Å². The van der Waals surface area contributed by atoms with E-state index in [9.17, 15) is 9.90 Å². The van der Waals surface area contributed by atoms with Gasteiger partial charge in [-0.15, -0.1) is 0 Å². The van der Waals surface area contributed by atoms with E-state index in [1.807, 2.05) is 18.2 Å². The van der Waals surface area contributed by atoms with Crippen LogP contribution in [0.1, 0.15) is 51.7 Å². The summed E-state index contributed by atoms with van der Waals surface area (Å²) in [6.45, 7) is 8.61. The summed E-state index contributed by atoms with van der Waals surface area (Å²) in [5.74, 6) is 0.463. The molecule has 1 aromatic heterocycles. The average molecular weight is 359 g/mol. The molecule has 1 fully saturated rings. The summed E-state index contributed by atoms with van der Waals surface area (Å²) in [6.07, 6.45) is 1.79. The number of hydrogen-bond donors (Lipinski definition) is 2. The molecule has 1 atom stereocenters. The third-order valence-electron chi connectivity index (χ3n) is 5.60. The van der Waals surface area contributed by atoms with E-state index in [1.54, 1.807) is 0 Å². The largest absolute Gasteiger partial charge is 0.487 e. The van der Waals surface area contributed by atoms with Gasteiger partial charge in [0, 0.05) is 36.2 Å². The van der Waals surface area contributed by atoms with Gasteiger partial charge >= 0.3 is 5.76 Å². The number of piperidine rings is 1. The molecule has 0 saturated carbocycles. The van der Waals surface area contributed by atoms with Gasteiger partial charge in [0.15, 0.2) is 5.82 Å². The fourth-order valence-electron chi connectivity index (χ4n) is 4.03. The third kappa shape index (κ3) is 3.05. The Hall–Kier alpha value is -2.12. The highest BCUT2D eigenvalue weighted by Gasteiger charge is 2.44. The first-order chi connectivity index (χ1) is 12.3. The van der Waals surface area contributed by atoms with E-state index in [1.165, 1.54) is 0 Å². The number of fused-ring (bicyclic) bond motifs is 1. The van der Waals surface area contributed by atoms with E-state index in [0.717, 1.165) is 31.5 Å². The van der Waals surface area contributed by atoms with Gasteiger partial charge in [0.25, 0.3) is 0 Å². The summed E-state index contributed by atoms with van der Waals surface area (Å²) in [5.41, 5.74) is 1.26. The van der Waals surface area contributed by atoms with Crippen molar-refractivity contribution in [3.05, 3.63) is 34.3 Å². The first kappa shape index (κ1) is 17.3. The molecule has 0 amide bonds. The molecule has 4 rings (SSSR count). The van der Waals surface area contributed by atoms with Gasteiger partial charge < -0.3 is 9.84 Å². The van der Waals surface area contributed by atoms with Gasteiger partial charge in [-0.2, -0.15) is 0 Å². The molecule has 26 heavy (non-hydrogen) atoms. The minimum Gasteiger partial charge on any atom is -0.487 e. The van der Waals surface area contributed by atoms with Gasteiger partial charge in [0.2, 0.25) is 0 Å². The highest BCUT2D eigenvalue weighted by atomic mass is 16.5. The van der Waals surface area contributed by atoms with Crippen molar-refractivity contribution in [3.8, 4) is 17.1 Å². The van der Waals surface area contributed by atoms with Crippen LogP contribution in [0, 0.1) is 0 Å². The molecular formula is C19H25N3O4. The lowest BCUT2D eigenvalue weighted by molar-refractivity contribution is -0.0669. The number of aromatic amines is 1. The number of aromatic nitrogens is 2. The molecule has 7 heteroatoms. The zero-order valence-electron chi connectivity index (χ0n) is 15.4. The number of nitrogens with zero attached hydrogens (tertiary/aromatic N) is 2. The second kappa shape index (κ2) is 5.96. The lowest BCUT2D eigenvalue weighted by atomic mass is 9.80. The van der Waals surface area contributed by atoms with Crippen molar-refractivity contribution in [1.82, 2.24) is 15.0 Å². The molecule has 1 aromatic carbocycles. The molecule has 1 unspecified atom stereocenters. The van der Waals surface area contributed by atoms with Gasteiger partial charge in [0.1, 0.15) is 11.4 Å². The lowest BCUT2D eigenvalue weighted by Gasteiger charge is -2.49. The topological polar surface area (TPSA) is 91.6 Å². The molecule has 1 saturated heterocycles. The Balaban J connectivity index is 1.57. The second-order valence-corrected chi connectivity index (χ2v) is 8.36. The molecule has 2 N–H and O–H groups in total. The molecule has 0 radical (unpaired) electrons. The number of hydrogen-bond acceptors (Lipinski definition) is 6. The number of aliphatic hydroxyl groups excluding tert-OH is 1. The zero-order chi connectivity index (χ0) is 18.5. The van der Waals surface area contributed by atoms with Crippen molar-refractivity contribution in [2.75, 3.05) is 13.1 Å². The fourth-order valence-corrected chi connectivity index (χ4v) is 4.03. The van der Waals surface area contributed by atoms with Crippen LogP contribution in [0.4, 0.5) is 0 Å². The summed E-state index contributed by atoms with van der Waals surface area (Å²) >= 11 is 0. The summed E-state index contributed by atoms with van der Waals surface area (Å²) in [6, 6.07) is 5.48. The van der Waals surface area contributed by atoms with E-state index in [2.05, 4.69) is 40.3 Å². The molecule has 7 nitrogen and oxygen atoms in total. The quantitative estimate of drug-likeness (QED) is 0.813. The Morgan fingerprint density at radius 2 is 2.04 bits per heavy atom. The first-order valence-electron chi connectivity index (χ1n) is 9.08. The van der Waals surface area contributed by atoms with E-state index in [-0.39, 0.29) is 11.1 Å². The predicted octanol–water partition coefficient (Wildman–Crippen LogP) is 2.48. The molecule has 0 aliphatic carbocycles. The van der Waals surface area contributed by atoms with Crippen molar-refractivity contribution in [1.29, 1.82) is 0 Å². The number of aliphatic hydroxyl groups is 1. The number of rotatable bonds is 1. The van der Waals surface area contributed by atoms with Crippen LogP contribution in [-0.2, 0) is 0 Å². The molecule has 3 heterocycles. The van der Waals surface area contributed by atoms with Crippen LogP contribution in [0.2, 0.25) is 0 Å². The number of H-pyrrole nitrogens is 1. The molecule has 1 spiro atoms. The van der Waals surface area contributed by atoms with Crippen LogP contribution in [-0.4, -0.2) is 44.4 Å². The van der Waals surface area contributed by atoms with E-state index in [0.29, 0.717) is 23.6 Å². The van der Waals surface area contributed by atoms with Gasteiger partial charge in [-0.25, -0.2) is 4.79 Å². The minimum absolute atomic E-state index is 0.149. The Morgan fingerprint density at radius 1 is 1.31 bits per heavy atom. The third-order valence-corrected chi connectivity index (χ3v) is 5.60. The Bertz CT molecular complexity index is 856. The van der Waals surface area contributed by atoms with E-state index < -0.39 is 11.9 Å². The fraction of sp³-hybridized carbons (Fsp3) is 0.579. The van der Waals surface area contributed by atoms with Crippen molar-refractivity contribution in [2.24, 2.45) is 0 Å². The Kier molecular flexibility index (Phi) is 3.96. The summed E-state index contributed by atoms with van der Waals surface area (Å²) < 4.78 is 10.9. The maximum Gasteiger partial charge on any atom is 0.439 e. The monoisotopic (exact) mass is 359 g/mol. The molecule has 140 valence electrons. The second-order valence-electron chi connectivity index (χ2n) is 8.36. The molecular weight excluding hydrogens is 334 g/mol. The first-order valence-corrected chi connectivity index (χ1v) is 9.08. The van der Waals surface area contributed by atoms with Crippen molar-refractivity contribution in [3.63, 3.8) is 0 Å². The molecule has 0 bridgehead atoms. The van der Waals surface area contributed by atoms with Crippen LogP contribution in [0.25, 0.3) is 11.4 Å². The number of nitrogens with one attached hydrogen (secondary N) is 1. The Labute approximate surface area is 152 Å². The molecule has 2 aliphatic rings. The Morgan fingerprint density at radius 3 is 2.65 bits per heavy atom. The number of ether oxygens (including phenoxy) is 1. The van der Waals surface area contributed by atoms with Crippen molar-refractivity contribution >= 4 is 0 Å². The van der Waals surface area contributed by atoms with Crippen LogP contribution >= 0.6 is 0 Å². The van der Waals surface area contributed by atoms with Gasteiger partial charge in [-0.3, -0.25) is 14.4 Å². The van der Waals surface area contributed by atoms with E-state index in [4.69, 9.17) is 4.74 Å². The van der Waals surface area contributed by atoms with Crippen molar-refractivity contribution < 1.29 is 14.4 Å². The predicted molar refractivity (Wildman–Crippen MR) is 96.1 cm³/mol. The van der Waals surface area contributed by atoms with Crippen LogP contribution < -0.4 is 10.5 Å². The smallest absolute Gasteiger partial charge is 0.439 e. The normalized spacial score (nSPS) is 22.8. The maximum absolute atomic E-state index is 11.2. The van der Waals surface area contributed by atoms with Gasteiger partial charge in [-0.05, 0) is 51.8 Å². The van der Waals surface area contributed by atoms with Gasteiger partial charge in [-0.1, -0.05) is 5.16 Å². The lowest BCUT2D eigenvalue weighted by Crippen LogP contribution is -2.54. The highest BCUT2D eigenvalue weighted by Crippen LogP contribution is 2.45. The average Bonchev–Trinajstić information content (AvgIpc) is 3.00. The van der Waals surface area contributed by atoms with Crippen LogP contribution in [0.5, 0.6) is 5.75 Å². The summed E-state index contributed by atoms with van der Waals surface area (Å²) in [7, 11) is 0. The summed E-state index contributed by atoms with van der Waals surface area (Å²) in [5, 5.41) is 14.5. The summed E-state index contributed by atoms with van der Waals surface area (Å²) in [4.78, 5) is 16.1. The van der Waals surface area contributed by atoms with Gasteiger partial charge in [0.05, 0.1) is 6.10 Å². The minimum atomic E-state index is -0.599. The molecule has 2 aromatic rings. The van der Waals surface area contributed by atoms with Crippen molar-refractivity contribution in [2.45, 2.75) is 57.3 Å². The SMILES string of the molecule is CC(C)(C)N1CCC2(CC1)CC(O)c1cc(-c3noc(=O)[nH]3)ccc1O2. The number of likely N-dealkylation sites (tertiary alicyclic amines) is 1. The standard InChI is InChI=1S/C19H25N3O4/c1-18(2,3)22-8-6-19(7-9-22)11-14(23)13-10-12(4-5-15(13)25-19)16-20-17(24)26-21-16/h4-5,10,14,23H,6-9,11H2,1-3H3,(H,20,21,24).